The van der Waals surface area contributed by atoms with Gasteiger partial charge >= 0.3 is 0 Å². The summed E-state index contributed by atoms with van der Waals surface area (Å²) in [6, 6.07) is 4.54. The zero-order chi connectivity index (χ0) is 13.9. The van der Waals surface area contributed by atoms with E-state index < -0.39 is 0 Å². The molecule has 0 radical (unpaired) electrons. The van der Waals surface area contributed by atoms with Crippen LogP contribution in [0.2, 0.25) is 0 Å². The molecule has 1 fully saturated rings. The van der Waals surface area contributed by atoms with Crippen molar-refractivity contribution >= 4 is 0 Å². The quantitative estimate of drug-likeness (QED) is 0.737. The molecule has 0 aromatic heterocycles. The molecule has 0 unspecified atom stereocenters. The fourth-order valence-corrected chi connectivity index (χ4v) is 2.83. The molecule has 0 spiro atoms. The summed E-state index contributed by atoms with van der Waals surface area (Å²) < 4.78 is 0. The van der Waals surface area contributed by atoms with Gasteiger partial charge in [0.15, 0.2) is 0 Å². The van der Waals surface area contributed by atoms with Gasteiger partial charge in [-0.3, -0.25) is 0 Å². The normalized spacial score (nSPS) is 16.6. The molecule has 2 nitrogen and oxygen atoms in total. The second-order valence-corrected chi connectivity index (χ2v) is 6.25. The van der Waals surface area contributed by atoms with E-state index in [1.807, 2.05) is 0 Å². The Labute approximate surface area is 118 Å². The highest BCUT2D eigenvalue weighted by molar-refractivity contribution is 5.38. The molecular formula is C17H28N2. The number of aryl methyl sites for hydroxylation is 1. The van der Waals surface area contributed by atoms with Gasteiger partial charge in [-0.05, 0) is 81.3 Å². The third kappa shape index (κ3) is 3.58. The molecule has 1 aromatic carbocycles. The molecule has 2 heteroatoms. The Morgan fingerprint density at radius 2 is 1.79 bits per heavy atom. The summed E-state index contributed by atoms with van der Waals surface area (Å²) in [5.74, 6) is 0. The third-order valence-electron chi connectivity index (χ3n) is 4.75. The van der Waals surface area contributed by atoms with Gasteiger partial charge in [-0.2, -0.15) is 0 Å². The fourth-order valence-electron chi connectivity index (χ4n) is 2.83. The highest BCUT2D eigenvalue weighted by atomic mass is 14.9. The van der Waals surface area contributed by atoms with E-state index in [9.17, 15) is 0 Å². The van der Waals surface area contributed by atoms with E-state index in [2.05, 4.69) is 50.6 Å². The molecule has 106 valence electrons. The summed E-state index contributed by atoms with van der Waals surface area (Å²) in [4.78, 5) is 0. The zero-order valence-corrected chi connectivity index (χ0v) is 12.9. The van der Waals surface area contributed by atoms with Crippen LogP contribution in [0.4, 0.5) is 0 Å². The van der Waals surface area contributed by atoms with Crippen molar-refractivity contribution in [2.75, 3.05) is 26.7 Å². The summed E-state index contributed by atoms with van der Waals surface area (Å²) >= 11 is 0. The van der Waals surface area contributed by atoms with Crippen LogP contribution in [-0.2, 0) is 6.42 Å². The van der Waals surface area contributed by atoms with Crippen molar-refractivity contribution in [1.29, 1.82) is 0 Å². The van der Waals surface area contributed by atoms with Crippen LogP contribution in [0.1, 0.15) is 35.1 Å². The topological polar surface area (TPSA) is 24.1 Å². The maximum absolute atomic E-state index is 3.64. The van der Waals surface area contributed by atoms with Gasteiger partial charge in [-0.25, -0.2) is 0 Å². The minimum Gasteiger partial charge on any atom is -0.319 e. The predicted octanol–water partition coefficient (Wildman–Crippen LogP) is 2.74. The van der Waals surface area contributed by atoms with Crippen molar-refractivity contribution in [3.05, 3.63) is 34.4 Å². The molecule has 2 N–H and O–H groups in total. The van der Waals surface area contributed by atoms with Gasteiger partial charge < -0.3 is 10.6 Å². The average Bonchev–Trinajstić information content (AvgIpc) is 3.15. The van der Waals surface area contributed by atoms with E-state index in [-0.39, 0.29) is 0 Å². The number of rotatable bonds is 7. The van der Waals surface area contributed by atoms with Crippen molar-refractivity contribution in [2.24, 2.45) is 5.41 Å². The van der Waals surface area contributed by atoms with Crippen LogP contribution in [0.3, 0.4) is 0 Å². The van der Waals surface area contributed by atoms with Gasteiger partial charge in [-0.15, -0.1) is 0 Å². The SMILES string of the molecule is CNCC1(CNCCc2ccc(C)c(C)c2C)CC1. The van der Waals surface area contributed by atoms with Crippen molar-refractivity contribution in [3.63, 3.8) is 0 Å². The van der Waals surface area contributed by atoms with E-state index in [1.54, 1.807) is 0 Å². The standard InChI is InChI=1S/C17H28N2/c1-13-5-6-16(15(3)14(13)2)7-10-19-12-17(8-9-17)11-18-4/h5-6,18-19H,7-12H2,1-4H3. The highest BCUT2D eigenvalue weighted by Crippen LogP contribution is 2.44. The van der Waals surface area contributed by atoms with Gasteiger partial charge in [0.25, 0.3) is 0 Å². The van der Waals surface area contributed by atoms with E-state index in [4.69, 9.17) is 0 Å². The molecule has 0 aliphatic heterocycles. The van der Waals surface area contributed by atoms with Gasteiger partial charge in [0.1, 0.15) is 0 Å². The number of hydrogen-bond acceptors (Lipinski definition) is 2. The molecule has 1 aliphatic carbocycles. The van der Waals surface area contributed by atoms with Gasteiger partial charge in [0.05, 0.1) is 0 Å². The molecule has 0 atom stereocenters. The van der Waals surface area contributed by atoms with Crippen LogP contribution in [0, 0.1) is 26.2 Å². The minimum absolute atomic E-state index is 0.562. The summed E-state index contributed by atoms with van der Waals surface area (Å²) in [6.07, 6.45) is 3.90. The Hall–Kier alpha value is -0.860. The van der Waals surface area contributed by atoms with Crippen molar-refractivity contribution in [3.8, 4) is 0 Å². The molecule has 0 amide bonds. The van der Waals surface area contributed by atoms with Gasteiger partial charge in [0, 0.05) is 13.1 Å². The van der Waals surface area contributed by atoms with Crippen molar-refractivity contribution in [1.82, 2.24) is 10.6 Å². The smallest absolute Gasteiger partial charge is 0.00201 e. The van der Waals surface area contributed by atoms with Crippen LogP contribution >= 0.6 is 0 Å². The summed E-state index contributed by atoms with van der Waals surface area (Å²) in [7, 11) is 2.05. The Balaban J connectivity index is 1.79. The molecule has 19 heavy (non-hydrogen) atoms. The minimum atomic E-state index is 0.562. The second kappa shape index (κ2) is 6.06. The van der Waals surface area contributed by atoms with E-state index >= 15 is 0 Å². The Kier molecular flexibility index (Phi) is 4.64. The first kappa shape index (κ1) is 14.5. The molecule has 2 rings (SSSR count). The molecule has 0 bridgehead atoms. The summed E-state index contributed by atoms with van der Waals surface area (Å²) in [5, 5.41) is 6.95. The van der Waals surface area contributed by atoms with Crippen LogP contribution < -0.4 is 10.6 Å². The first-order valence-electron chi connectivity index (χ1n) is 7.49. The Bertz CT molecular complexity index is 433. The zero-order valence-electron chi connectivity index (χ0n) is 12.9. The highest BCUT2D eigenvalue weighted by Gasteiger charge is 2.41. The molecular weight excluding hydrogens is 232 g/mol. The lowest BCUT2D eigenvalue weighted by Gasteiger charge is -2.16. The Morgan fingerprint density at radius 3 is 2.42 bits per heavy atom. The Morgan fingerprint density at radius 1 is 1.05 bits per heavy atom. The molecule has 0 saturated heterocycles. The van der Waals surface area contributed by atoms with E-state index in [0.717, 1.165) is 26.1 Å². The van der Waals surface area contributed by atoms with Crippen LogP contribution in [0.25, 0.3) is 0 Å². The second-order valence-electron chi connectivity index (χ2n) is 6.25. The summed E-state index contributed by atoms with van der Waals surface area (Å²) in [6.45, 7) is 10.1. The van der Waals surface area contributed by atoms with Crippen molar-refractivity contribution < 1.29 is 0 Å². The largest absolute Gasteiger partial charge is 0.319 e. The van der Waals surface area contributed by atoms with E-state index in [1.165, 1.54) is 35.1 Å². The molecule has 0 heterocycles. The number of benzene rings is 1. The number of nitrogens with one attached hydrogen (secondary N) is 2. The predicted molar refractivity (Wildman–Crippen MR) is 82.8 cm³/mol. The lowest BCUT2D eigenvalue weighted by Crippen LogP contribution is -2.32. The summed E-state index contributed by atoms with van der Waals surface area (Å²) in [5.41, 5.74) is 6.38. The van der Waals surface area contributed by atoms with Crippen LogP contribution in [0.15, 0.2) is 12.1 Å². The first-order valence-corrected chi connectivity index (χ1v) is 7.49. The monoisotopic (exact) mass is 260 g/mol. The molecule has 1 aliphatic rings. The van der Waals surface area contributed by atoms with Crippen LogP contribution in [-0.4, -0.2) is 26.7 Å². The lowest BCUT2D eigenvalue weighted by molar-refractivity contribution is 0.441. The van der Waals surface area contributed by atoms with Crippen LogP contribution in [0.5, 0.6) is 0 Å². The molecule has 1 aromatic rings. The van der Waals surface area contributed by atoms with E-state index in [0.29, 0.717) is 5.41 Å². The van der Waals surface area contributed by atoms with Crippen molar-refractivity contribution in [2.45, 2.75) is 40.0 Å². The number of hydrogen-bond donors (Lipinski definition) is 2. The molecule has 1 saturated carbocycles. The maximum Gasteiger partial charge on any atom is 0.00201 e. The van der Waals surface area contributed by atoms with Gasteiger partial charge in [0.2, 0.25) is 0 Å². The van der Waals surface area contributed by atoms with Gasteiger partial charge in [-0.1, -0.05) is 12.1 Å². The lowest BCUT2D eigenvalue weighted by atomic mass is 9.97. The average molecular weight is 260 g/mol. The third-order valence-corrected chi connectivity index (χ3v) is 4.75. The maximum atomic E-state index is 3.64. The fraction of sp³-hybridized carbons (Fsp3) is 0.647. The first-order chi connectivity index (χ1) is 9.08.